The monoisotopic (exact) mass is 431 g/mol. The maximum atomic E-state index is 13.5. The van der Waals surface area contributed by atoms with Gasteiger partial charge in [0.05, 0.1) is 20.8 Å². The van der Waals surface area contributed by atoms with Crippen molar-refractivity contribution in [1.82, 2.24) is 4.90 Å². The largest absolute Gasteiger partial charge is 0.493 e. The molecule has 2 aromatic rings. The van der Waals surface area contributed by atoms with E-state index >= 15 is 0 Å². The van der Waals surface area contributed by atoms with Gasteiger partial charge in [0.2, 0.25) is 0 Å². The lowest BCUT2D eigenvalue weighted by Crippen LogP contribution is -2.49. The summed E-state index contributed by atoms with van der Waals surface area (Å²) in [5, 5.41) is 11.6. The number of nitrogens with zero attached hydrogens (tertiary/aromatic N) is 1. The van der Waals surface area contributed by atoms with Gasteiger partial charge >= 0.3 is 0 Å². The molecular weight excluding hydrogens is 406 g/mol. The highest BCUT2D eigenvalue weighted by Gasteiger charge is 2.41. The van der Waals surface area contributed by atoms with E-state index in [0.717, 1.165) is 24.8 Å². The molecule has 160 valence electrons. The van der Waals surface area contributed by atoms with Gasteiger partial charge in [0.1, 0.15) is 17.1 Å². The van der Waals surface area contributed by atoms with E-state index in [0.29, 0.717) is 46.4 Å². The highest BCUT2D eigenvalue weighted by atomic mass is 35.5. The van der Waals surface area contributed by atoms with Crippen molar-refractivity contribution in [2.45, 2.75) is 50.8 Å². The normalized spacial score (nSPS) is 17.7. The van der Waals surface area contributed by atoms with Crippen LogP contribution in [0.15, 0.2) is 30.3 Å². The smallest absolute Gasteiger partial charge is 0.255 e. The van der Waals surface area contributed by atoms with Crippen LogP contribution in [0.2, 0.25) is 5.02 Å². The van der Waals surface area contributed by atoms with Gasteiger partial charge in [0.25, 0.3) is 5.91 Å². The third-order valence-corrected chi connectivity index (χ3v) is 6.29. The topological polar surface area (TPSA) is 68.2 Å². The fourth-order valence-electron chi connectivity index (χ4n) is 4.27. The fraction of sp³-hybridized carbons (Fsp3) is 0.435. The van der Waals surface area contributed by atoms with Gasteiger partial charge in [-0.15, -0.1) is 0 Å². The molecule has 2 aliphatic rings. The van der Waals surface area contributed by atoms with Crippen molar-refractivity contribution in [2.75, 3.05) is 14.2 Å². The fourth-order valence-corrected chi connectivity index (χ4v) is 4.49. The standard InChI is InChI=1S/C23H26ClNO5/c1-28-20-11-15-13-25(22(26)23(27)9-4-3-5-10-23)14-16-17(24)7-6-8-18(16)30-19(15)12-21(20)29-2/h6-8,11-12,27H,3-5,9-10,13-14H2,1-2H3. The molecule has 1 aliphatic heterocycles. The third-order valence-electron chi connectivity index (χ3n) is 5.94. The van der Waals surface area contributed by atoms with Gasteiger partial charge in [-0.2, -0.15) is 0 Å². The minimum atomic E-state index is -1.34. The Labute approximate surface area is 181 Å². The van der Waals surface area contributed by atoms with Crippen molar-refractivity contribution < 1.29 is 24.1 Å². The summed E-state index contributed by atoms with van der Waals surface area (Å²) in [6, 6.07) is 8.98. The molecular formula is C23H26ClNO5. The average molecular weight is 432 g/mol. The van der Waals surface area contributed by atoms with E-state index in [-0.39, 0.29) is 19.0 Å². The van der Waals surface area contributed by atoms with E-state index in [1.807, 2.05) is 18.2 Å². The predicted molar refractivity (Wildman–Crippen MR) is 113 cm³/mol. The first-order chi connectivity index (χ1) is 14.4. The molecule has 1 saturated carbocycles. The van der Waals surface area contributed by atoms with Crippen LogP contribution in [-0.4, -0.2) is 35.7 Å². The van der Waals surface area contributed by atoms with Crippen molar-refractivity contribution in [3.63, 3.8) is 0 Å². The molecule has 0 radical (unpaired) electrons. The zero-order chi connectivity index (χ0) is 21.3. The molecule has 1 N–H and O–H groups in total. The second-order valence-electron chi connectivity index (χ2n) is 7.89. The van der Waals surface area contributed by atoms with Crippen LogP contribution in [0.5, 0.6) is 23.0 Å². The van der Waals surface area contributed by atoms with Crippen LogP contribution in [0, 0.1) is 0 Å². The SMILES string of the molecule is COc1cc2c(cc1OC)Oc1cccc(Cl)c1CN(C(=O)C1(O)CCCCC1)C2. The second kappa shape index (κ2) is 8.36. The quantitative estimate of drug-likeness (QED) is 0.763. The molecule has 1 amide bonds. The van der Waals surface area contributed by atoms with Gasteiger partial charge in [-0.1, -0.05) is 36.9 Å². The molecule has 7 heteroatoms. The predicted octanol–water partition coefficient (Wildman–Crippen LogP) is 4.69. The van der Waals surface area contributed by atoms with E-state index in [1.165, 1.54) is 0 Å². The van der Waals surface area contributed by atoms with E-state index in [4.69, 9.17) is 25.8 Å². The molecule has 2 aromatic carbocycles. The summed E-state index contributed by atoms with van der Waals surface area (Å²) >= 11 is 6.47. The van der Waals surface area contributed by atoms with E-state index in [9.17, 15) is 9.90 Å². The molecule has 6 nitrogen and oxygen atoms in total. The molecule has 4 rings (SSSR count). The Balaban J connectivity index is 1.81. The summed E-state index contributed by atoms with van der Waals surface area (Å²) in [5.41, 5.74) is 0.148. The van der Waals surface area contributed by atoms with Gasteiger partial charge in [0, 0.05) is 28.8 Å². The summed E-state index contributed by atoms with van der Waals surface area (Å²) < 4.78 is 17.0. The molecule has 1 aliphatic carbocycles. The minimum Gasteiger partial charge on any atom is -0.493 e. The number of benzene rings is 2. The number of ether oxygens (including phenoxy) is 3. The van der Waals surface area contributed by atoms with Crippen molar-refractivity contribution in [2.24, 2.45) is 0 Å². The Morgan fingerprint density at radius 1 is 1.07 bits per heavy atom. The molecule has 30 heavy (non-hydrogen) atoms. The highest BCUT2D eigenvalue weighted by Crippen LogP contribution is 2.42. The van der Waals surface area contributed by atoms with Crippen LogP contribution in [-0.2, 0) is 17.9 Å². The lowest BCUT2D eigenvalue weighted by molar-refractivity contribution is -0.156. The molecule has 1 heterocycles. The number of methoxy groups -OCH3 is 2. The number of aliphatic hydroxyl groups is 1. The number of carbonyl (C=O) groups excluding carboxylic acids is 1. The average Bonchev–Trinajstić information content (AvgIpc) is 2.74. The van der Waals surface area contributed by atoms with E-state index in [2.05, 4.69) is 0 Å². The maximum Gasteiger partial charge on any atom is 0.255 e. The number of halogens is 1. The highest BCUT2D eigenvalue weighted by molar-refractivity contribution is 6.31. The number of carbonyl (C=O) groups is 1. The summed E-state index contributed by atoms with van der Waals surface area (Å²) in [6.07, 6.45) is 3.69. The minimum absolute atomic E-state index is 0.254. The van der Waals surface area contributed by atoms with Crippen molar-refractivity contribution in [1.29, 1.82) is 0 Å². The Morgan fingerprint density at radius 3 is 2.47 bits per heavy atom. The first-order valence-corrected chi connectivity index (χ1v) is 10.5. The van der Waals surface area contributed by atoms with Gasteiger partial charge < -0.3 is 24.2 Å². The van der Waals surface area contributed by atoms with Gasteiger partial charge in [0.15, 0.2) is 11.5 Å². The molecule has 0 unspecified atom stereocenters. The number of amides is 1. The lowest BCUT2D eigenvalue weighted by Gasteiger charge is -2.37. The van der Waals surface area contributed by atoms with Crippen LogP contribution in [0.4, 0.5) is 0 Å². The molecule has 0 spiro atoms. The number of hydrogen-bond donors (Lipinski definition) is 1. The maximum absolute atomic E-state index is 13.5. The summed E-state index contributed by atoms with van der Waals surface area (Å²) in [5.74, 6) is 1.95. The number of hydrogen-bond acceptors (Lipinski definition) is 5. The van der Waals surface area contributed by atoms with Crippen molar-refractivity contribution in [3.05, 3.63) is 46.5 Å². The Hall–Kier alpha value is -2.44. The molecule has 0 saturated heterocycles. The third kappa shape index (κ3) is 3.82. The molecule has 0 atom stereocenters. The summed E-state index contributed by atoms with van der Waals surface area (Å²) in [7, 11) is 3.13. The lowest BCUT2D eigenvalue weighted by atomic mass is 9.83. The van der Waals surface area contributed by atoms with Crippen LogP contribution >= 0.6 is 11.6 Å². The van der Waals surface area contributed by atoms with Crippen molar-refractivity contribution >= 4 is 17.5 Å². The first kappa shape index (κ1) is 20.8. The van der Waals surface area contributed by atoms with E-state index < -0.39 is 5.60 Å². The molecule has 0 bridgehead atoms. The van der Waals surface area contributed by atoms with Crippen LogP contribution in [0.1, 0.15) is 43.2 Å². The Kier molecular flexibility index (Phi) is 5.80. The Morgan fingerprint density at radius 2 is 1.77 bits per heavy atom. The Bertz CT molecular complexity index is 955. The van der Waals surface area contributed by atoms with E-state index in [1.54, 1.807) is 31.3 Å². The summed E-state index contributed by atoms with van der Waals surface area (Å²) in [4.78, 5) is 15.2. The first-order valence-electron chi connectivity index (χ1n) is 10.2. The molecule has 0 aromatic heterocycles. The molecule has 1 fully saturated rings. The van der Waals surface area contributed by atoms with Gasteiger partial charge in [-0.25, -0.2) is 0 Å². The van der Waals surface area contributed by atoms with Crippen LogP contribution in [0.3, 0.4) is 0 Å². The zero-order valence-corrected chi connectivity index (χ0v) is 18.0. The van der Waals surface area contributed by atoms with Gasteiger partial charge in [-0.3, -0.25) is 4.79 Å². The zero-order valence-electron chi connectivity index (χ0n) is 17.2. The van der Waals surface area contributed by atoms with Crippen LogP contribution in [0.25, 0.3) is 0 Å². The number of rotatable bonds is 3. The summed E-state index contributed by atoms with van der Waals surface area (Å²) in [6.45, 7) is 0.519. The second-order valence-corrected chi connectivity index (χ2v) is 8.29. The van der Waals surface area contributed by atoms with Crippen LogP contribution < -0.4 is 14.2 Å². The van der Waals surface area contributed by atoms with Gasteiger partial charge in [-0.05, 0) is 31.0 Å². The van der Waals surface area contributed by atoms with Crippen molar-refractivity contribution in [3.8, 4) is 23.0 Å². The number of fused-ring (bicyclic) bond motifs is 2.